The Morgan fingerprint density at radius 1 is 0.737 bits per heavy atom. The van der Waals surface area contributed by atoms with Crippen molar-refractivity contribution in [3.8, 4) is 0 Å². The molecule has 19 heavy (non-hydrogen) atoms. The maximum absolute atomic E-state index is 6.04. The summed E-state index contributed by atoms with van der Waals surface area (Å²) in [7, 11) is 0. The summed E-state index contributed by atoms with van der Waals surface area (Å²) in [6.07, 6.45) is -3.61. The maximum Gasteiger partial charge on any atom is 0.0723 e. The Balaban J connectivity index is 2.58. The molecule has 100 valence electrons. The number of rotatable bonds is 4. The number of benzene rings is 2. The Kier molecular flexibility index (Phi) is 4.76. The van der Waals surface area contributed by atoms with Crippen molar-refractivity contribution >= 4 is 46.6 Å². The standard InChI is InChI=1S/C14H17NP2S2/c1-16(2,18)15-17(19,13-9-5-3-6-10-13)14-11-7-4-8-12-14/h3-12H,1-2H3,(H,15,18,19). The molecule has 0 aliphatic carbocycles. The van der Waals surface area contributed by atoms with Crippen molar-refractivity contribution in [2.24, 2.45) is 0 Å². The average Bonchev–Trinajstić information content (AvgIpc) is 2.39. The van der Waals surface area contributed by atoms with Gasteiger partial charge < -0.3 is 0 Å². The summed E-state index contributed by atoms with van der Waals surface area (Å²) in [5, 5.41) is 2.35. The maximum atomic E-state index is 6.04. The van der Waals surface area contributed by atoms with Gasteiger partial charge in [0, 0.05) is 16.8 Å². The molecule has 0 aliphatic rings. The van der Waals surface area contributed by atoms with E-state index in [1.807, 2.05) is 36.4 Å². The van der Waals surface area contributed by atoms with Crippen molar-refractivity contribution in [2.45, 2.75) is 0 Å². The average molecular weight is 325 g/mol. The van der Waals surface area contributed by atoms with E-state index in [9.17, 15) is 0 Å². The molecule has 0 aliphatic heterocycles. The topological polar surface area (TPSA) is 12.0 Å². The van der Waals surface area contributed by atoms with Gasteiger partial charge in [0.15, 0.2) is 0 Å². The molecule has 2 rings (SSSR count). The van der Waals surface area contributed by atoms with Crippen molar-refractivity contribution in [2.75, 3.05) is 13.3 Å². The fraction of sp³-hybridized carbons (Fsp3) is 0.143. The molecule has 2 aromatic rings. The van der Waals surface area contributed by atoms with Crippen molar-refractivity contribution < 1.29 is 0 Å². The van der Waals surface area contributed by atoms with Gasteiger partial charge in [-0.25, -0.2) is 0 Å². The molecule has 0 radical (unpaired) electrons. The Morgan fingerprint density at radius 3 is 1.42 bits per heavy atom. The third-order valence-corrected chi connectivity index (χ3v) is 10.5. The molecular weight excluding hydrogens is 308 g/mol. The number of nitrogens with one attached hydrogen (secondary N) is 1. The number of hydrogen-bond acceptors (Lipinski definition) is 2. The van der Waals surface area contributed by atoms with Crippen molar-refractivity contribution in [3.63, 3.8) is 0 Å². The Bertz CT molecular complexity index is 592. The fourth-order valence-corrected chi connectivity index (χ4v) is 11.1. The predicted molar refractivity (Wildman–Crippen MR) is 95.7 cm³/mol. The van der Waals surface area contributed by atoms with Crippen molar-refractivity contribution in [3.05, 3.63) is 60.7 Å². The first-order valence-electron chi connectivity index (χ1n) is 5.98. The zero-order valence-electron chi connectivity index (χ0n) is 11.0. The molecule has 1 N–H and O–H groups in total. The molecule has 0 heterocycles. The second kappa shape index (κ2) is 5.99. The smallest absolute Gasteiger partial charge is 0.0723 e. The monoisotopic (exact) mass is 325 g/mol. The quantitative estimate of drug-likeness (QED) is 0.867. The lowest BCUT2D eigenvalue weighted by Crippen LogP contribution is -2.25. The lowest BCUT2D eigenvalue weighted by atomic mass is 10.4. The summed E-state index contributed by atoms with van der Waals surface area (Å²) in [4.78, 5) is 3.62. The summed E-state index contributed by atoms with van der Waals surface area (Å²) in [5.41, 5.74) is 0. The highest BCUT2D eigenvalue weighted by Gasteiger charge is 2.24. The molecule has 2 aromatic carbocycles. The summed E-state index contributed by atoms with van der Waals surface area (Å²) in [6, 6.07) is 20.6. The van der Waals surface area contributed by atoms with Crippen LogP contribution in [-0.4, -0.2) is 13.3 Å². The molecule has 0 saturated carbocycles. The molecule has 0 aromatic heterocycles. The molecular formula is C14H17NP2S2. The second-order valence-electron chi connectivity index (χ2n) is 4.73. The molecule has 0 atom stereocenters. The Labute approximate surface area is 125 Å². The molecule has 0 saturated heterocycles. The highest BCUT2D eigenvalue weighted by atomic mass is 32.5. The van der Waals surface area contributed by atoms with E-state index < -0.39 is 12.4 Å². The summed E-state index contributed by atoms with van der Waals surface area (Å²) < 4.78 is 0. The van der Waals surface area contributed by atoms with Crippen molar-refractivity contribution in [1.29, 1.82) is 0 Å². The van der Waals surface area contributed by atoms with E-state index in [0.717, 1.165) is 0 Å². The Hall–Kier alpha value is -0.300. The van der Waals surface area contributed by atoms with Crippen LogP contribution in [0.4, 0.5) is 0 Å². The van der Waals surface area contributed by atoms with Crippen LogP contribution >= 0.6 is 12.4 Å². The number of hydrogen-bond donors (Lipinski definition) is 1. The molecule has 1 nitrogen and oxygen atoms in total. The van der Waals surface area contributed by atoms with E-state index in [2.05, 4.69) is 42.5 Å². The van der Waals surface area contributed by atoms with E-state index in [1.54, 1.807) is 0 Å². The normalized spacial score (nSPS) is 12.3. The first kappa shape index (κ1) is 15.1. The van der Waals surface area contributed by atoms with E-state index in [1.165, 1.54) is 10.6 Å². The van der Waals surface area contributed by atoms with Crippen LogP contribution in [0.5, 0.6) is 0 Å². The lowest BCUT2D eigenvalue weighted by Gasteiger charge is -2.28. The summed E-state index contributed by atoms with van der Waals surface area (Å²) in [6.45, 7) is 4.19. The molecule has 0 fully saturated rings. The van der Waals surface area contributed by atoms with Crippen molar-refractivity contribution in [1.82, 2.24) is 4.86 Å². The van der Waals surface area contributed by atoms with Gasteiger partial charge in [0.1, 0.15) is 0 Å². The first-order chi connectivity index (χ1) is 8.92. The van der Waals surface area contributed by atoms with Crippen LogP contribution in [0, 0.1) is 0 Å². The predicted octanol–water partition coefficient (Wildman–Crippen LogP) is 3.28. The van der Waals surface area contributed by atoms with Crippen LogP contribution in [0.2, 0.25) is 0 Å². The largest absolute Gasteiger partial charge is 0.252 e. The van der Waals surface area contributed by atoms with Gasteiger partial charge in [-0.1, -0.05) is 84.3 Å². The van der Waals surface area contributed by atoms with Gasteiger partial charge in [-0.2, -0.15) is 0 Å². The lowest BCUT2D eigenvalue weighted by molar-refractivity contribution is 1.61. The third kappa shape index (κ3) is 3.84. The zero-order chi connectivity index (χ0) is 13.9. The molecule has 0 spiro atoms. The minimum Gasteiger partial charge on any atom is -0.252 e. The van der Waals surface area contributed by atoms with Gasteiger partial charge in [0.2, 0.25) is 0 Å². The van der Waals surface area contributed by atoms with Gasteiger partial charge in [-0.05, 0) is 13.3 Å². The van der Waals surface area contributed by atoms with E-state index in [0.29, 0.717) is 0 Å². The van der Waals surface area contributed by atoms with E-state index in [-0.39, 0.29) is 0 Å². The van der Waals surface area contributed by atoms with Gasteiger partial charge >= 0.3 is 0 Å². The highest BCUT2D eigenvalue weighted by molar-refractivity contribution is 8.26. The summed E-state index contributed by atoms with van der Waals surface area (Å²) in [5.74, 6) is 0. The van der Waals surface area contributed by atoms with Gasteiger partial charge in [0.25, 0.3) is 0 Å². The van der Waals surface area contributed by atoms with E-state index >= 15 is 0 Å². The molecule has 0 amide bonds. The van der Waals surface area contributed by atoms with Crippen LogP contribution in [-0.2, 0) is 23.6 Å². The van der Waals surface area contributed by atoms with Crippen LogP contribution in [0.1, 0.15) is 0 Å². The SMILES string of the molecule is CP(C)(=S)NP(=S)(c1ccccc1)c1ccccc1. The molecule has 5 heteroatoms. The fourth-order valence-electron chi connectivity index (χ4n) is 1.88. The summed E-state index contributed by atoms with van der Waals surface area (Å²) >= 11 is 11.6. The minimum atomic E-state index is -2.02. The van der Waals surface area contributed by atoms with Crippen LogP contribution < -0.4 is 15.5 Å². The zero-order valence-corrected chi connectivity index (χ0v) is 14.4. The second-order valence-corrected chi connectivity index (χ2v) is 14.9. The molecule has 0 unspecified atom stereocenters. The van der Waals surface area contributed by atoms with E-state index in [4.69, 9.17) is 23.6 Å². The van der Waals surface area contributed by atoms with Gasteiger partial charge in [-0.15, -0.1) is 0 Å². The molecule has 0 bridgehead atoms. The van der Waals surface area contributed by atoms with Gasteiger partial charge in [-0.3, -0.25) is 4.86 Å². The van der Waals surface area contributed by atoms with Crippen LogP contribution in [0.3, 0.4) is 0 Å². The minimum absolute atomic E-state index is 1.18. The highest BCUT2D eigenvalue weighted by Crippen LogP contribution is 2.50. The van der Waals surface area contributed by atoms with Gasteiger partial charge in [0.05, 0.1) is 6.19 Å². The third-order valence-electron chi connectivity index (χ3n) is 2.62. The van der Waals surface area contributed by atoms with Crippen LogP contribution in [0.25, 0.3) is 0 Å². The Morgan fingerprint density at radius 2 is 1.11 bits per heavy atom. The van der Waals surface area contributed by atoms with Crippen LogP contribution in [0.15, 0.2) is 60.7 Å². The first-order valence-corrected chi connectivity index (χ1v) is 12.5.